The van der Waals surface area contributed by atoms with Gasteiger partial charge in [-0.15, -0.1) is 10.2 Å². The van der Waals surface area contributed by atoms with Gasteiger partial charge in [0, 0.05) is 30.7 Å². The largest absolute Gasteiger partial charge is 0.408 e. The minimum atomic E-state index is -4.46. The summed E-state index contributed by atoms with van der Waals surface area (Å²) in [5, 5.41) is 8.96. The van der Waals surface area contributed by atoms with Crippen LogP contribution in [0.5, 0.6) is 0 Å². The third-order valence-electron chi connectivity index (χ3n) is 6.73. The normalized spacial score (nSPS) is 20.4. The first kappa shape index (κ1) is 21.4. The van der Waals surface area contributed by atoms with Crippen molar-refractivity contribution in [2.75, 3.05) is 13.1 Å². The Morgan fingerprint density at radius 2 is 1.85 bits per heavy atom. The highest BCUT2D eigenvalue weighted by Crippen LogP contribution is 2.42. The molecule has 2 N–H and O–H groups in total. The summed E-state index contributed by atoms with van der Waals surface area (Å²) in [6.45, 7) is 0.466. The van der Waals surface area contributed by atoms with Crippen LogP contribution in [0.1, 0.15) is 42.3 Å². The number of likely N-dealkylation sites (tertiary alicyclic amines) is 1. The molecule has 6 nitrogen and oxygen atoms in total. The molecule has 0 amide bonds. The molecule has 2 atom stereocenters. The lowest BCUT2D eigenvalue weighted by Crippen LogP contribution is -2.38. The second kappa shape index (κ2) is 7.71. The lowest BCUT2D eigenvalue weighted by Gasteiger charge is -2.30. The van der Waals surface area contributed by atoms with Crippen LogP contribution in [0.3, 0.4) is 0 Å². The van der Waals surface area contributed by atoms with Crippen LogP contribution in [0.4, 0.5) is 17.6 Å². The highest BCUT2D eigenvalue weighted by atomic mass is 19.4. The molecule has 0 bridgehead atoms. The second-order valence-corrected chi connectivity index (χ2v) is 9.24. The molecule has 10 heteroatoms. The Balaban J connectivity index is 1.44. The molecule has 2 fully saturated rings. The van der Waals surface area contributed by atoms with Gasteiger partial charge >= 0.3 is 6.18 Å². The van der Waals surface area contributed by atoms with Gasteiger partial charge in [-0.1, -0.05) is 12.1 Å². The van der Waals surface area contributed by atoms with E-state index in [-0.39, 0.29) is 36.4 Å². The lowest BCUT2D eigenvalue weighted by atomic mass is 10.1. The molecule has 4 heterocycles. The van der Waals surface area contributed by atoms with Gasteiger partial charge in [-0.25, -0.2) is 9.37 Å². The Bertz CT molecular complexity index is 1390. The fourth-order valence-corrected chi connectivity index (χ4v) is 4.89. The Hall–Kier alpha value is -3.11. The third-order valence-corrected chi connectivity index (χ3v) is 6.73. The van der Waals surface area contributed by atoms with E-state index in [9.17, 15) is 17.6 Å². The standard InChI is InChI=1S/C24H22F4N6/c25-18-9-14-3-5-19(30-20(14)10-17(18)13-1-2-13)23-32-31-21-6-4-15(11-34(21)23)22(24(26,27)28)33-8-7-16(29)12-33/h3-6,9-11,13,16,22H,1-2,7-8,12,29H2/t16-,22+/m0/s1. The van der Waals surface area contributed by atoms with Crippen LogP contribution < -0.4 is 5.73 Å². The number of hydrogen-bond acceptors (Lipinski definition) is 5. The molecule has 2 aliphatic rings. The van der Waals surface area contributed by atoms with E-state index >= 15 is 0 Å². The van der Waals surface area contributed by atoms with Crippen molar-refractivity contribution in [3.63, 3.8) is 0 Å². The summed E-state index contributed by atoms with van der Waals surface area (Å²) in [6, 6.07) is 7.59. The number of nitrogens with zero attached hydrogens (tertiary/aromatic N) is 5. The van der Waals surface area contributed by atoms with Crippen LogP contribution in [-0.2, 0) is 0 Å². The number of nitrogens with two attached hydrogens (primary N) is 1. The molecule has 176 valence electrons. The number of pyridine rings is 2. The zero-order valence-corrected chi connectivity index (χ0v) is 18.1. The molecule has 1 saturated heterocycles. The second-order valence-electron chi connectivity index (χ2n) is 9.24. The summed E-state index contributed by atoms with van der Waals surface area (Å²) >= 11 is 0. The predicted octanol–water partition coefficient (Wildman–Crippen LogP) is 4.60. The van der Waals surface area contributed by atoms with Crippen LogP contribution >= 0.6 is 0 Å². The number of aromatic nitrogens is 4. The van der Waals surface area contributed by atoms with Crippen molar-refractivity contribution in [1.82, 2.24) is 24.5 Å². The first-order chi connectivity index (χ1) is 16.3. The van der Waals surface area contributed by atoms with Crippen molar-refractivity contribution >= 4 is 16.6 Å². The molecule has 34 heavy (non-hydrogen) atoms. The zero-order valence-electron chi connectivity index (χ0n) is 18.1. The van der Waals surface area contributed by atoms with Crippen LogP contribution in [0.25, 0.3) is 28.1 Å². The number of alkyl halides is 3. The zero-order chi connectivity index (χ0) is 23.6. The highest BCUT2D eigenvalue weighted by molar-refractivity contribution is 5.82. The van der Waals surface area contributed by atoms with Crippen molar-refractivity contribution in [2.45, 2.75) is 43.4 Å². The van der Waals surface area contributed by atoms with Crippen LogP contribution in [-0.4, -0.2) is 49.8 Å². The van der Waals surface area contributed by atoms with E-state index in [1.165, 1.54) is 33.7 Å². The van der Waals surface area contributed by atoms with Gasteiger partial charge in [0.05, 0.1) is 5.52 Å². The molecule has 1 aliphatic carbocycles. The van der Waals surface area contributed by atoms with Gasteiger partial charge in [0.25, 0.3) is 0 Å². The van der Waals surface area contributed by atoms with Gasteiger partial charge in [-0.05, 0) is 60.6 Å². The van der Waals surface area contributed by atoms with Gasteiger partial charge in [-0.3, -0.25) is 9.30 Å². The van der Waals surface area contributed by atoms with Gasteiger partial charge in [0.15, 0.2) is 11.5 Å². The number of fused-ring (bicyclic) bond motifs is 2. The molecular weight excluding hydrogens is 448 g/mol. The first-order valence-electron chi connectivity index (χ1n) is 11.3. The van der Waals surface area contributed by atoms with E-state index in [2.05, 4.69) is 15.2 Å². The Morgan fingerprint density at radius 1 is 1.03 bits per heavy atom. The van der Waals surface area contributed by atoms with Crippen LogP contribution in [0.2, 0.25) is 0 Å². The maximum absolute atomic E-state index is 14.4. The summed E-state index contributed by atoms with van der Waals surface area (Å²) in [5.74, 6) is 0.321. The molecule has 3 aromatic heterocycles. The number of rotatable bonds is 4. The van der Waals surface area contributed by atoms with Crippen LogP contribution in [0, 0.1) is 5.82 Å². The van der Waals surface area contributed by atoms with Gasteiger partial charge in [0.1, 0.15) is 17.6 Å². The average Bonchev–Trinajstić information content (AvgIpc) is 3.41. The van der Waals surface area contributed by atoms with E-state index in [0.717, 1.165) is 12.8 Å². The molecule has 0 unspecified atom stereocenters. The number of benzene rings is 1. The maximum atomic E-state index is 14.4. The summed E-state index contributed by atoms with van der Waals surface area (Å²) in [4.78, 5) is 6.02. The summed E-state index contributed by atoms with van der Waals surface area (Å²) in [7, 11) is 0. The Kier molecular flexibility index (Phi) is 4.86. The number of hydrogen-bond donors (Lipinski definition) is 1. The summed E-state index contributed by atoms with van der Waals surface area (Å²) in [6.07, 6.45) is -0.587. The van der Waals surface area contributed by atoms with E-state index in [0.29, 0.717) is 40.1 Å². The van der Waals surface area contributed by atoms with Crippen molar-refractivity contribution in [3.05, 3.63) is 59.5 Å². The van der Waals surface area contributed by atoms with Crippen molar-refractivity contribution in [1.29, 1.82) is 0 Å². The lowest BCUT2D eigenvalue weighted by molar-refractivity contribution is -0.183. The van der Waals surface area contributed by atoms with Crippen molar-refractivity contribution < 1.29 is 17.6 Å². The maximum Gasteiger partial charge on any atom is 0.408 e. The van der Waals surface area contributed by atoms with Gasteiger partial charge in [0.2, 0.25) is 0 Å². The van der Waals surface area contributed by atoms with E-state index in [4.69, 9.17) is 5.73 Å². The fraction of sp³-hybridized carbons (Fsp3) is 0.375. The summed E-state index contributed by atoms with van der Waals surface area (Å²) < 4.78 is 58.2. The SMILES string of the molecule is N[C@H]1CCN([C@H](c2ccc3nnc(-c4ccc5cc(F)c(C6CC6)cc5n4)n3c2)C(F)(F)F)C1. The molecule has 4 aromatic rings. The molecule has 1 aromatic carbocycles. The Labute approximate surface area is 192 Å². The fourth-order valence-electron chi connectivity index (χ4n) is 4.89. The molecule has 0 spiro atoms. The molecule has 1 saturated carbocycles. The topological polar surface area (TPSA) is 72.3 Å². The Morgan fingerprint density at radius 3 is 2.56 bits per heavy atom. The minimum Gasteiger partial charge on any atom is -0.326 e. The van der Waals surface area contributed by atoms with Gasteiger partial charge in [-0.2, -0.15) is 13.2 Å². The molecular formula is C24H22F4N6. The van der Waals surface area contributed by atoms with Crippen molar-refractivity contribution in [3.8, 4) is 11.5 Å². The third kappa shape index (κ3) is 3.70. The van der Waals surface area contributed by atoms with E-state index in [1.807, 2.05) is 0 Å². The molecule has 0 radical (unpaired) electrons. The quantitative estimate of drug-likeness (QED) is 0.442. The van der Waals surface area contributed by atoms with Gasteiger partial charge < -0.3 is 5.73 Å². The first-order valence-corrected chi connectivity index (χ1v) is 11.3. The monoisotopic (exact) mass is 470 g/mol. The summed E-state index contributed by atoms with van der Waals surface area (Å²) in [5.41, 5.74) is 8.12. The molecule has 6 rings (SSSR count). The highest BCUT2D eigenvalue weighted by Gasteiger charge is 2.46. The van der Waals surface area contributed by atoms with E-state index in [1.54, 1.807) is 18.2 Å². The minimum absolute atomic E-state index is 0.0917. The number of halogens is 4. The smallest absolute Gasteiger partial charge is 0.326 e. The van der Waals surface area contributed by atoms with E-state index < -0.39 is 12.2 Å². The van der Waals surface area contributed by atoms with Crippen LogP contribution in [0.15, 0.2) is 42.6 Å². The predicted molar refractivity (Wildman–Crippen MR) is 119 cm³/mol. The van der Waals surface area contributed by atoms with Crippen molar-refractivity contribution in [2.24, 2.45) is 5.73 Å². The average molecular weight is 470 g/mol. The molecule has 1 aliphatic heterocycles.